The first-order valence-electron chi connectivity index (χ1n) is 9.99. The maximum atomic E-state index is 12.7. The SMILES string of the molecule is Cl.O=C1CC(c2ccccc2)NCCCCN(C(=O)c2ccccn2)CCCN1. The molecule has 6 nitrogen and oxygen atoms in total. The number of halogens is 1. The zero-order valence-electron chi connectivity index (χ0n) is 16.5. The van der Waals surface area contributed by atoms with Gasteiger partial charge in [0.2, 0.25) is 5.91 Å². The maximum absolute atomic E-state index is 12.7. The lowest BCUT2D eigenvalue weighted by molar-refractivity contribution is -0.121. The summed E-state index contributed by atoms with van der Waals surface area (Å²) < 4.78 is 0. The zero-order valence-corrected chi connectivity index (χ0v) is 17.4. The Morgan fingerprint density at radius 2 is 1.72 bits per heavy atom. The van der Waals surface area contributed by atoms with E-state index in [4.69, 9.17) is 0 Å². The molecule has 1 aromatic carbocycles. The van der Waals surface area contributed by atoms with Crippen LogP contribution in [0.3, 0.4) is 0 Å². The number of hydrogen-bond donors (Lipinski definition) is 2. The van der Waals surface area contributed by atoms with Crippen molar-refractivity contribution < 1.29 is 9.59 Å². The first-order chi connectivity index (χ1) is 13.7. The predicted octanol–water partition coefficient (Wildman–Crippen LogP) is 2.97. The van der Waals surface area contributed by atoms with Gasteiger partial charge in [0, 0.05) is 38.3 Å². The number of pyridine rings is 1. The van der Waals surface area contributed by atoms with E-state index in [9.17, 15) is 9.59 Å². The lowest BCUT2D eigenvalue weighted by atomic mass is 10.0. The average molecular weight is 417 g/mol. The molecule has 1 aliphatic rings. The van der Waals surface area contributed by atoms with Crippen LogP contribution in [0.25, 0.3) is 0 Å². The molecule has 2 heterocycles. The van der Waals surface area contributed by atoms with E-state index < -0.39 is 0 Å². The minimum Gasteiger partial charge on any atom is -0.356 e. The molecule has 1 fully saturated rings. The highest BCUT2D eigenvalue weighted by Crippen LogP contribution is 2.17. The Kier molecular flexibility index (Phi) is 9.60. The van der Waals surface area contributed by atoms with Crippen molar-refractivity contribution >= 4 is 24.2 Å². The summed E-state index contributed by atoms with van der Waals surface area (Å²) in [6.45, 7) is 2.68. The van der Waals surface area contributed by atoms with Gasteiger partial charge in [0.1, 0.15) is 5.69 Å². The summed E-state index contributed by atoms with van der Waals surface area (Å²) in [6.07, 6.45) is 4.64. The van der Waals surface area contributed by atoms with Gasteiger partial charge in [-0.05, 0) is 43.5 Å². The molecule has 156 valence electrons. The van der Waals surface area contributed by atoms with Crippen LogP contribution in [0.1, 0.15) is 47.8 Å². The molecule has 2 aromatic rings. The molecule has 7 heteroatoms. The molecule has 2 N–H and O–H groups in total. The molecule has 0 radical (unpaired) electrons. The van der Waals surface area contributed by atoms with Crippen LogP contribution in [-0.2, 0) is 4.79 Å². The van der Waals surface area contributed by atoms with Crippen molar-refractivity contribution in [3.63, 3.8) is 0 Å². The molecular weight excluding hydrogens is 388 g/mol. The lowest BCUT2D eigenvalue weighted by Crippen LogP contribution is -2.35. The molecule has 0 aliphatic carbocycles. The third-order valence-corrected chi connectivity index (χ3v) is 4.94. The van der Waals surface area contributed by atoms with Crippen LogP contribution < -0.4 is 10.6 Å². The fourth-order valence-corrected chi connectivity index (χ4v) is 3.42. The van der Waals surface area contributed by atoms with Crippen molar-refractivity contribution in [1.82, 2.24) is 20.5 Å². The van der Waals surface area contributed by atoms with E-state index in [1.807, 2.05) is 29.2 Å². The van der Waals surface area contributed by atoms with Gasteiger partial charge in [0.15, 0.2) is 0 Å². The standard InChI is InChI=1S/C22H28N4O2.ClH/c27-21-17-20(18-9-2-1-3-10-18)24-13-6-7-15-26(16-8-14-25-21)22(28)19-11-4-5-12-23-19;/h1-5,9-12,20,24H,6-8,13-17H2,(H,25,27);1H. The van der Waals surface area contributed by atoms with Crippen LogP contribution in [-0.4, -0.2) is 47.9 Å². The second-order valence-corrected chi connectivity index (χ2v) is 7.04. The van der Waals surface area contributed by atoms with Crippen molar-refractivity contribution in [1.29, 1.82) is 0 Å². The van der Waals surface area contributed by atoms with Crippen molar-refractivity contribution in [3.05, 3.63) is 66.0 Å². The Morgan fingerprint density at radius 1 is 0.966 bits per heavy atom. The van der Waals surface area contributed by atoms with E-state index in [-0.39, 0.29) is 30.3 Å². The molecule has 0 saturated carbocycles. The number of nitrogens with one attached hydrogen (secondary N) is 2. The van der Waals surface area contributed by atoms with Gasteiger partial charge in [-0.2, -0.15) is 0 Å². The van der Waals surface area contributed by atoms with Gasteiger partial charge in [-0.15, -0.1) is 12.4 Å². The second-order valence-electron chi connectivity index (χ2n) is 7.04. The van der Waals surface area contributed by atoms with Crippen LogP contribution in [0.2, 0.25) is 0 Å². The number of aromatic nitrogens is 1. The smallest absolute Gasteiger partial charge is 0.272 e. The van der Waals surface area contributed by atoms with Crippen molar-refractivity contribution in [3.8, 4) is 0 Å². The number of benzene rings is 1. The zero-order chi connectivity index (χ0) is 19.6. The first-order valence-corrected chi connectivity index (χ1v) is 9.99. The van der Waals surface area contributed by atoms with E-state index in [0.717, 1.165) is 31.4 Å². The van der Waals surface area contributed by atoms with E-state index in [1.165, 1.54) is 0 Å². The molecule has 1 saturated heterocycles. The summed E-state index contributed by atoms with van der Waals surface area (Å²) in [5, 5.41) is 6.49. The summed E-state index contributed by atoms with van der Waals surface area (Å²) in [5.41, 5.74) is 1.59. The summed E-state index contributed by atoms with van der Waals surface area (Å²) in [7, 11) is 0. The van der Waals surface area contributed by atoms with Crippen LogP contribution in [0.5, 0.6) is 0 Å². The predicted molar refractivity (Wildman–Crippen MR) is 116 cm³/mol. The monoisotopic (exact) mass is 416 g/mol. The molecule has 1 unspecified atom stereocenters. The van der Waals surface area contributed by atoms with Gasteiger partial charge in [-0.3, -0.25) is 14.6 Å². The van der Waals surface area contributed by atoms with Crippen molar-refractivity contribution in [2.24, 2.45) is 0 Å². The molecular formula is C22H29ClN4O2. The number of carbonyl (C=O) groups is 2. The van der Waals surface area contributed by atoms with Gasteiger partial charge in [0.05, 0.1) is 0 Å². The topological polar surface area (TPSA) is 74.3 Å². The first kappa shape index (κ1) is 22.8. The second kappa shape index (κ2) is 12.2. The van der Waals surface area contributed by atoms with Gasteiger partial charge in [-0.1, -0.05) is 36.4 Å². The molecule has 1 aromatic heterocycles. The van der Waals surface area contributed by atoms with Crippen molar-refractivity contribution in [2.45, 2.75) is 31.7 Å². The number of nitrogens with zero attached hydrogens (tertiary/aromatic N) is 2. The van der Waals surface area contributed by atoms with E-state index in [2.05, 4.69) is 27.8 Å². The Bertz CT molecular complexity index is 758. The summed E-state index contributed by atoms with van der Waals surface area (Å²) in [4.78, 5) is 31.1. The highest BCUT2D eigenvalue weighted by molar-refractivity contribution is 5.92. The minimum absolute atomic E-state index is 0. The summed E-state index contributed by atoms with van der Waals surface area (Å²) in [5.74, 6) is -0.0138. The Morgan fingerprint density at radius 3 is 2.48 bits per heavy atom. The van der Waals surface area contributed by atoms with Crippen LogP contribution in [0.15, 0.2) is 54.7 Å². The molecule has 1 atom stereocenters. The number of hydrogen-bond acceptors (Lipinski definition) is 4. The van der Waals surface area contributed by atoms with Crippen LogP contribution in [0.4, 0.5) is 0 Å². The van der Waals surface area contributed by atoms with Crippen LogP contribution in [0, 0.1) is 0 Å². The van der Waals surface area contributed by atoms with Gasteiger partial charge in [-0.25, -0.2) is 0 Å². The molecule has 0 spiro atoms. The lowest BCUT2D eigenvalue weighted by Gasteiger charge is -2.22. The highest BCUT2D eigenvalue weighted by Gasteiger charge is 2.18. The molecule has 2 amide bonds. The Labute approximate surface area is 178 Å². The number of carbonyl (C=O) groups excluding carboxylic acids is 2. The van der Waals surface area contributed by atoms with E-state index >= 15 is 0 Å². The summed E-state index contributed by atoms with van der Waals surface area (Å²) in [6, 6.07) is 15.5. The molecule has 1 aliphatic heterocycles. The van der Waals surface area contributed by atoms with Crippen molar-refractivity contribution in [2.75, 3.05) is 26.2 Å². The van der Waals surface area contributed by atoms with E-state index in [1.54, 1.807) is 18.3 Å². The van der Waals surface area contributed by atoms with Gasteiger partial charge >= 0.3 is 0 Å². The fourth-order valence-electron chi connectivity index (χ4n) is 3.42. The molecule has 3 rings (SSSR count). The highest BCUT2D eigenvalue weighted by atomic mass is 35.5. The Hall–Kier alpha value is -2.44. The normalized spacial score (nSPS) is 19.0. The minimum atomic E-state index is -0.0445. The van der Waals surface area contributed by atoms with E-state index in [0.29, 0.717) is 31.7 Å². The largest absolute Gasteiger partial charge is 0.356 e. The third-order valence-electron chi connectivity index (χ3n) is 4.94. The van der Waals surface area contributed by atoms with Gasteiger partial charge < -0.3 is 15.5 Å². The summed E-state index contributed by atoms with van der Waals surface area (Å²) >= 11 is 0. The number of amides is 2. The quantitative estimate of drug-likeness (QED) is 0.789. The third kappa shape index (κ3) is 7.15. The molecule has 0 bridgehead atoms. The fraction of sp³-hybridized carbons (Fsp3) is 0.409. The molecule has 29 heavy (non-hydrogen) atoms. The maximum Gasteiger partial charge on any atom is 0.272 e. The number of rotatable bonds is 2. The van der Waals surface area contributed by atoms with Crippen LogP contribution >= 0.6 is 12.4 Å². The van der Waals surface area contributed by atoms with Gasteiger partial charge in [0.25, 0.3) is 5.91 Å². The average Bonchev–Trinajstić information content (AvgIpc) is 2.76. The Balaban J connectivity index is 0.00000300.